The predicted molar refractivity (Wildman–Crippen MR) is 57.5 cm³/mol. The van der Waals surface area contributed by atoms with E-state index in [1.807, 2.05) is 6.07 Å². The van der Waals surface area contributed by atoms with E-state index in [9.17, 15) is 9.59 Å². The summed E-state index contributed by atoms with van der Waals surface area (Å²) in [4.78, 5) is 27.8. The Hall–Kier alpha value is -1.77. The van der Waals surface area contributed by atoms with Crippen LogP contribution in [0.5, 0.6) is 0 Å². The molecule has 0 aromatic carbocycles. The van der Waals surface area contributed by atoms with Gasteiger partial charge in [0.05, 0.1) is 6.07 Å². The molecule has 1 rings (SSSR count). The topological polar surface area (TPSA) is 67.7 Å². The SMILES string of the molecule is CN(C)C(=O)N1CCN(C(=O)CC#N)CC1. The Labute approximate surface area is 95.0 Å². The quantitative estimate of drug-likeness (QED) is 0.615. The summed E-state index contributed by atoms with van der Waals surface area (Å²) in [6.45, 7) is 2.10. The molecular weight excluding hydrogens is 208 g/mol. The molecule has 1 aliphatic heterocycles. The molecule has 3 amide bonds. The minimum absolute atomic E-state index is 0.0348. The summed E-state index contributed by atoms with van der Waals surface area (Å²) in [7, 11) is 3.41. The van der Waals surface area contributed by atoms with Crippen molar-refractivity contribution in [2.45, 2.75) is 6.42 Å². The Morgan fingerprint density at radius 3 is 2.12 bits per heavy atom. The van der Waals surface area contributed by atoms with Crippen molar-refractivity contribution >= 4 is 11.9 Å². The fourth-order valence-corrected chi connectivity index (χ4v) is 1.61. The molecule has 0 radical (unpaired) electrons. The largest absolute Gasteiger partial charge is 0.338 e. The van der Waals surface area contributed by atoms with E-state index in [1.54, 1.807) is 23.9 Å². The molecule has 88 valence electrons. The first-order valence-electron chi connectivity index (χ1n) is 5.17. The molecule has 1 saturated heterocycles. The van der Waals surface area contributed by atoms with Gasteiger partial charge in [-0.2, -0.15) is 5.26 Å². The van der Waals surface area contributed by atoms with Gasteiger partial charge in [-0.05, 0) is 0 Å². The lowest BCUT2D eigenvalue weighted by Crippen LogP contribution is -2.52. The molecule has 0 aromatic heterocycles. The minimum atomic E-state index is -0.153. The molecule has 0 saturated carbocycles. The van der Waals surface area contributed by atoms with Crippen LogP contribution in [-0.2, 0) is 4.79 Å². The van der Waals surface area contributed by atoms with E-state index in [0.29, 0.717) is 26.2 Å². The Morgan fingerprint density at radius 2 is 1.69 bits per heavy atom. The van der Waals surface area contributed by atoms with Gasteiger partial charge in [0, 0.05) is 40.3 Å². The molecule has 0 aliphatic carbocycles. The summed E-state index contributed by atoms with van der Waals surface area (Å²) in [5.74, 6) is -0.153. The van der Waals surface area contributed by atoms with Gasteiger partial charge in [-0.3, -0.25) is 4.79 Å². The maximum atomic E-state index is 11.6. The molecule has 0 bridgehead atoms. The van der Waals surface area contributed by atoms with E-state index in [0.717, 1.165) is 0 Å². The molecule has 1 fully saturated rings. The van der Waals surface area contributed by atoms with Gasteiger partial charge in [-0.25, -0.2) is 4.79 Å². The Kier molecular flexibility index (Phi) is 4.11. The van der Waals surface area contributed by atoms with E-state index >= 15 is 0 Å². The van der Waals surface area contributed by atoms with Crippen LogP contribution in [0.4, 0.5) is 4.79 Å². The molecule has 0 atom stereocenters. The van der Waals surface area contributed by atoms with Crippen molar-refractivity contribution in [1.29, 1.82) is 5.26 Å². The number of rotatable bonds is 1. The number of hydrogen-bond donors (Lipinski definition) is 0. The van der Waals surface area contributed by atoms with E-state index in [1.165, 1.54) is 4.90 Å². The number of carbonyl (C=O) groups is 2. The molecule has 1 aliphatic rings. The van der Waals surface area contributed by atoms with Gasteiger partial charge < -0.3 is 14.7 Å². The third kappa shape index (κ3) is 2.86. The van der Waals surface area contributed by atoms with Crippen LogP contribution in [0.1, 0.15) is 6.42 Å². The van der Waals surface area contributed by atoms with Gasteiger partial charge in [-0.1, -0.05) is 0 Å². The van der Waals surface area contributed by atoms with Gasteiger partial charge in [0.25, 0.3) is 0 Å². The maximum absolute atomic E-state index is 11.6. The zero-order valence-electron chi connectivity index (χ0n) is 9.64. The van der Waals surface area contributed by atoms with Crippen LogP contribution in [-0.4, -0.2) is 66.9 Å². The highest BCUT2D eigenvalue weighted by Crippen LogP contribution is 2.05. The first-order valence-corrected chi connectivity index (χ1v) is 5.17. The van der Waals surface area contributed by atoms with Crippen LogP contribution < -0.4 is 0 Å². The average molecular weight is 224 g/mol. The van der Waals surface area contributed by atoms with E-state index in [2.05, 4.69) is 0 Å². The maximum Gasteiger partial charge on any atom is 0.319 e. The van der Waals surface area contributed by atoms with E-state index in [-0.39, 0.29) is 18.4 Å². The van der Waals surface area contributed by atoms with Gasteiger partial charge in [0.2, 0.25) is 5.91 Å². The molecule has 0 N–H and O–H groups in total. The standard InChI is InChI=1S/C10H16N4O2/c1-12(2)10(16)14-7-5-13(6-8-14)9(15)3-4-11/h3,5-8H2,1-2H3. The van der Waals surface area contributed by atoms with Crippen molar-refractivity contribution < 1.29 is 9.59 Å². The summed E-state index contributed by atoms with van der Waals surface area (Å²) >= 11 is 0. The molecule has 16 heavy (non-hydrogen) atoms. The molecule has 0 spiro atoms. The first-order chi connectivity index (χ1) is 7.56. The van der Waals surface area contributed by atoms with Gasteiger partial charge in [0.1, 0.15) is 6.42 Å². The highest BCUT2D eigenvalue weighted by molar-refractivity contribution is 5.79. The molecular formula is C10H16N4O2. The fourth-order valence-electron chi connectivity index (χ4n) is 1.61. The van der Waals surface area contributed by atoms with Crippen LogP contribution in [0.2, 0.25) is 0 Å². The highest BCUT2D eigenvalue weighted by Gasteiger charge is 2.24. The van der Waals surface area contributed by atoms with Crippen LogP contribution in [0.25, 0.3) is 0 Å². The monoisotopic (exact) mass is 224 g/mol. The second kappa shape index (κ2) is 5.35. The summed E-state index contributed by atoms with van der Waals surface area (Å²) in [6.07, 6.45) is -0.0817. The first kappa shape index (κ1) is 12.3. The van der Waals surface area contributed by atoms with Crippen molar-refractivity contribution in [2.75, 3.05) is 40.3 Å². The number of amides is 3. The van der Waals surface area contributed by atoms with Crippen LogP contribution in [0, 0.1) is 11.3 Å². The summed E-state index contributed by atoms with van der Waals surface area (Å²) in [6, 6.07) is 1.80. The van der Waals surface area contributed by atoms with Crippen LogP contribution >= 0.6 is 0 Å². The predicted octanol–water partition coefficient (Wildman–Crippen LogP) is -0.274. The average Bonchev–Trinajstić information content (AvgIpc) is 2.28. The van der Waals surface area contributed by atoms with Crippen molar-refractivity contribution in [3.8, 4) is 6.07 Å². The number of carbonyl (C=O) groups excluding carboxylic acids is 2. The molecule has 1 heterocycles. The van der Waals surface area contributed by atoms with Gasteiger partial charge >= 0.3 is 6.03 Å². The summed E-state index contributed by atoms with van der Waals surface area (Å²) in [5.41, 5.74) is 0. The minimum Gasteiger partial charge on any atom is -0.338 e. The van der Waals surface area contributed by atoms with Crippen LogP contribution in [0.15, 0.2) is 0 Å². The number of nitrogens with zero attached hydrogens (tertiary/aromatic N) is 4. The molecule has 0 unspecified atom stereocenters. The summed E-state index contributed by atoms with van der Waals surface area (Å²) < 4.78 is 0. The van der Waals surface area contributed by atoms with Gasteiger partial charge in [-0.15, -0.1) is 0 Å². The Bertz CT molecular complexity index is 313. The van der Waals surface area contributed by atoms with Gasteiger partial charge in [0.15, 0.2) is 0 Å². The zero-order valence-corrected chi connectivity index (χ0v) is 9.64. The molecule has 0 aromatic rings. The van der Waals surface area contributed by atoms with Crippen molar-refractivity contribution in [2.24, 2.45) is 0 Å². The number of urea groups is 1. The number of hydrogen-bond acceptors (Lipinski definition) is 3. The summed E-state index contributed by atoms with van der Waals surface area (Å²) in [5, 5.41) is 8.41. The molecule has 6 heteroatoms. The number of piperazine rings is 1. The second-order valence-corrected chi connectivity index (χ2v) is 3.88. The lowest BCUT2D eigenvalue weighted by atomic mass is 10.3. The van der Waals surface area contributed by atoms with Crippen LogP contribution in [0.3, 0.4) is 0 Å². The lowest BCUT2D eigenvalue weighted by molar-refractivity contribution is -0.131. The van der Waals surface area contributed by atoms with Crippen molar-refractivity contribution in [1.82, 2.24) is 14.7 Å². The Balaban J connectivity index is 2.43. The third-order valence-corrected chi connectivity index (χ3v) is 2.52. The zero-order chi connectivity index (χ0) is 12.1. The van der Waals surface area contributed by atoms with E-state index in [4.69, 9.17) is 5.26 Å². The van der Waals surface area contributed by atoms with Crippen molar-refractivity contribution in [3.63, 3.8) is 0 Å². The third-order valence-electron chi connectivity index (χ3n) is 2.52. The Morgan fingerprint density at radius 1 is 1.19 bits per heavy atom. The highest BCUT2D eigenvalue weighted by atomic mass is 16.2. The fraction of sp³-hybridized carbons (Fsp3) is 0.700. The number of nitriles is 1. The lowest BCUT2D eigenvalue weighted by Gasteiger charge is -2.35. The molecule has 6 nitrogen and oxygen atoms in total. The smallest absolute Gasteiger partial charge is 0.319 e. The van der Waals surface area contributed by atoms with E-state index < -0.39 is 0 Å². The normalized spacial score (nSPS) is 15.6. The van der Waals surface area contributed by atoms with Crippen molar-refractivity contribution in [3.05, 3.63) is 0 Å². The second-order valence-electron chi connectivity index (χ2n) is 3.88.